The highest BCUT2D eigenvalue weighted by atomic mass is 15.5. The van der Waals surface area contributed by atoms with Gasteiger partial charge in [-0.2, -0.15) is 15.0 Å². The Morgan fingerprint density at radius 2 is 0.942 bits per heavy atom. The zero-order valence-electron chi connectivity index (χ0n) is 29.1. The van der Waals surface area contributed by atoms with Gasteiger partial charge in [0.15, 0.2) is 5.65 Å². The molecule has 0 aliphatic rings. The fourth-order valence-corrected chi connectivity index (χ4v) is 6.50. The molecular weight excluding hydrogens is 647 g/mol. The summed E-state index contributed by atoms with van der Waals surface area (Å²) in [5.74, 6) is 1.37. The summed E-state index contributed by atoms with van der Waals surface area (Å²) in [6.45, 7) is 8.16. The first-order valence-electron chi connectivity index (χ1n) is 17.1. The summed E-state index contributed by atoms with van der Waals surface area (Å²) >= 11 is 0. The molecule has 0 aliphatic heterocycles. The number of H-pyrrole nitrogens is 2. The Morgan fingerprint density at radius 1 is 0.462 bits per heavy atom. The smallest absolute Gasteiger partial charge is 0.324 e. The van der Waals surface area contributed by atoms with Crippen LogP contribution in [0.5, 0.6) is 0 Å². The van der Waals surface area contributed by atoms with Gasteiger partial charge in [0.25, 0.3) is 0 Å². The lowest BCUT2D eigenvalue weighted by molar-refractivity contribution is -0.650. The van der Waals surface area contributed by atoms with E-state index in [0.29, 0.717) is 45.6 Å². The van der Waals surface area contributed by atoms with E-state index in [9.17, 15) is 0 Å². The molecule has 0 saturated heterocycles. The van der Waals surface area contributed by atoms with E-state index >= 15 is 0 Å². The number of rotatable bonds is 4. The van der Waals surface area contributed by atoms with Crippen molar-refractivity contribution in [1.29, 1.82) is 0 Å². The number of benzene rings is 4. The first-order chi connectivity index (χ1) is 25.4. The van der Waals surface area contributed by atoms with Crippen LogP contribution in [0.25, 0.3) is 73.9 Å². The quantitative estimate of drug-likeness (QED) is 0.183. The molecule has 0 fully saturated rings. The molecule has 252 valence electrons. The minimum atomic E-state index is 0.446. The van der Waals surface area contributed by atoms with E-state index in [-0.39, 0.29) is 0 Å². The zero-order valence-corrected chi connectivity index (χ0v) is 29.1. The van der Waals surface area contributed by atoms with Gasteiger partial charge in [0.2, 0.25) is 11.4 Å². The van der Waals surface area contributed by atoms with Crippen molar-refractivity contribution in [3.05, 3.63) is 144 Å². The van der Waals surface area contributed by atoms with Gasteiger partial charge in [-0.25, -0.2) is 4.98 Å². The van der Waals surface area contributed by atoms with Crippen molar-refractivity contribution in [2.24, 2.45) is 0 Å². The molecular formula is C41H34N11+. The fraction of sp³-hybridized carbons (Fsp3) is 0.0976. The van der Waals surface area contributed by atoms with Gasteiger partial charge >= 0.3 is 11.6 Å². The third kappa shape index (κ3) is 5.18. The van der Waals surface area contributed by atoms with Gasteiger partial charge in [-0.3, -0.25) is 4.57 Å². The molecule has 0 unspecified atom stereocenters. The number of nitrogens with zero attached hydrogens (tertiary/aromatic N) is 9. The Labute approximate surface area is 298 Å². The van der Waals surface area contributed by atoms with Crippen LogP contribution in [0, 0.1) is 27.7 Å². The topological polar surface area (TPSA) is 123 Å². The normalized spacial score (nSPS) is 11.5. The molecule has 11 nitrogen and oxygen atoms in total. The van der Waals surface area contributed by atoms with Crippen molar-refractivity contribution < 1.29 is 4.68 Å². The fourth-order valence-electron chi connectivity index (χ4n) is 6.50. The van der Waals surface area contributed by atoms with Crippen LogP contribution in [-0.2, 0) is 0 Å². The molecule has 0 radical (unpaired) electrons. The number of aryl methyl sites for hydroxylation is 4. The van der Waals surface area contributed by atoms with E-state index in [4.69, 9.17) is 29.9 Å². The van der Waals surface area contributed by atoms with Crippen molar-refractivity contribution in [3.8, 4) is 28.3 Å². The lowest BCUT2D eigenvalue weighted by Gasteiger charge is -2.09. The number of para-hydroxylation sites is 3. The summed E-state index contributed by atoms with van der Waals surface area (Å²) in [5.41, 5.74) is 11.3. The monoisotopic (exact) mass is 680 g/mol. The van der Waals surface area contributed by atoms with Crippen molar-refractivity contribution >= 4 is 45.6 Å². The Bertz CT molecular complexity index is 2480. The number of hydrogen-bond acceptors (Lipinski definition) is 6. The van der Waals surface area contributed by atoms with Crippen LogP contribution in [0.4, 0.5) is 0 Å². The van der Waals surface area contributed by atoms with Gasteiger partial charge in [-0.15, -0.1) is 9.36 Å². The standard InChI is InChI=1S/C41H33N11/c1-25-26(2)36-42-34(25)44-38-33(29-17-9-5-10-18-29)50(30-19-11-6-12-20-30)39(48-38)45-35-27(3)28(4)37(43-35)47-41-49-40(46-36)51(31-21-13-7-14-22-31)52(41)32-23-15-8-16-24-32/h5-24H,1-4H3,(H,42,43,44,45,46,47,48,49)/p+1. The molecule has 9 rings (SSSR count). The molecule has 9 aromatic rings. The maximum atomic E-state index is 5.21. The van der Waals surface area contributed by atoms with E-state index in [1.165, 1.54) is 0 Å². The predicted octanol–water partition coefficient (Wildman–Crippen LogP) is 7.77. The number of aromatic nitrogens is 11. The lowest BCUT2D eigenvalue weighted by atomic mass is 10.1. The second-order valence-electron chi connectivity index (χ2n) is 12.7. The van der Waals surface area contributed by atoms with Gasteiger partial charge in [0.05, 0.1) is 5.69 Å². The number of aromatic amines is 2. The molecule has 2 N–H and O–H groups in total. The zero-order chi connectivity index (χ0) is 35.3. The van der Waals surface area contributed by atoms with Gasteiger partial charge in [-0.1, -0.05) is 84.9 Å². The molecule has 5 aromatic heterocycles. The minimum Gasteiger partial charge on any atom is -0.324 e. The van der Waals surface area contributed by atoms with Crippen LogP contribution >= 0.6 is 0 Å². The summed E-state index contributed by atoms with van der Waals surface area (Å²) in [6, 6.07) is 40.4. The van der Waals surface area contributed by atoms with Crippen LogP contribution in [0.1, 0.15) is 22.3 Å². The number of fused-ring (bicyclic) bond motifs is 8. The number of imidazole rings is 1. The van der Waals surface area contributed by atoms with Gasteiger partial charge in [0, 0.05) is 16.8 Å². The number of hydrogen-bond donors (Lipinski definition) is 2. The SMILES string of the molecule is Cc1c(C)c2nc3nc(nc4[nH]c(nc5nc(nc1[nH]2)c(-c1ccccc1)n5-c1ccccc1)c(C)c4C)n(-c1ccccc1)[n+]3-c1ccccc1. The summed E-state index contributed by atoms with van der Waals surface area (Å²) in [7, 11) is 0. The van der Waals surface area contributed by atoms with Crippen molar-refractivity contribution in [2.75, 3.05) is 0 Å². The Morgan fingerprint density at radius 3 is 1.54 bits per heavy atom. The third-order valence-corrected chi connectivity index (χ3v) is 9.56. The molecule has 0 atom stereocenters. The van der Waals surface area contributed by atoms with Gasteiger partial charge in [0.1, 0.15) is 28.3 Å². The van der Waals surface area contributed by atoms with E-state index in [1.807, 2.05) is 134 Å². The average molecular weight is 681 g/mol. The largest absolute Gasteiger partial charge is 0.462 e. The lowest BCUT2D eigenvalue weighted by Crippen LogP contribution is -2.40. The van der Waals surface area contributed by atoms with E-state index in [0.717, 1.165) is 50.6 Å². The molecule has 0 amide bonds. The third-order valence-electron chi connectivity index (χ3n) is 9.56. The summed E-state index contributed by atoms with van der Waals surface area (Å²) in [4.78, 5) is 38.0. The highest BCUT2D eigenvalue weighted by molar-refractivity contribution is 5.81. The van der Waals surface area contributed by atoms with Gasteiger partial charge in [-0.05, 0) is 90.8 Å². The van der Waals surface area contributed by atoms with Crippen molar-refractivity contribution in [3.63, 3.8) is 0 Å². The highest BCUT2D eigenvalue weighted by Gasteiger charge is 2.25. The molecule has 4 aromatic carbocycles. The van der Waals surface area contributed by atoms with Crippen LogP contribution < -0.4 is 4.68 Å². The first-order valence-corrected chi connectivity index (χ1v) is 17.1. The molecule has 0 spiro atoms. The highest BCUT2D eigenvalue weighted by Crippen LogP contribution is 2.30. The van der Waals surface area contributed by atoms with Crippen molar-refractivity contribution in [1.82, 2.24) is 49.1 Å². The predicted molar refractivity (Wildman–Crippen MR) is 203 cm³/mol. The Balaban J connectivity index is 1.50. The van der Waals surface area contributed by atoms with E-state index < -0.39 is 0 Å². The molecule has 0 aliphatic carbocycles. The van der Waals surface area contributed by atoms with Crippen molar-refractivity contribution in [2.45, 2.75) is 27.7 Å². The second-order valence-corrected chi connectivity index (χ2v) is 12.7. The maximum absolute atomic E-state index is 5.21. The molecule has 8 bridgehead atoms. The Hall–Kier alpha value is -7.01. The minimum absolute atomic E-state index is 0.446. The van der Waals surface area contributed by atoms with Gasteiger partial charge < -0.3 is 9.97 Å². The molecule has 52 heavy (non-hydrogen) atoms. The summed E-state index contributed by atoms with van der Waals surface area (Å²) in [6.07, 6.45) is 0. The van der Waals surface area contributed by atoms with Crippen LogP contribution in [0.2, 0.25) is 0 Å². The van der Waals surface area contributed by atoms with E-state index in [1.54, 1.807) is 0 Å². The van der Waals surface area contributed by atoms with E-state index in [2.05, 4.69) is 38.8 Å². The van der Waals surface area contributed by atoms with Crippen LogP contribution in [0.15, 0.2) is 121 Å². The Kier molecular flexibility index (Phi) is 7.39. The molecule has 11 heteroatoms. The second kappa shape index (κ2) is 12.4. The average Bonchev–Trinajstić information content (AvgIpc) is 3.88. The number of nitrogens with one attached hydrogen (secondary N) is 2. The molecule has 0 saturated carbocycles. The van der Waals surface area contributed by atoms with Crippen LogP contribution in [-0.4, -0.2) is 49.1 Å². The summed E-state index contributed by atoms with van der Waals surface area (Å²) < 4.78 is 6.02. The molecule has 5 heterocycles. The first kappa shape index (κ1) is 31.0. The summed E-state index contributed by atoms with van der Waals surface area (Å²) in [5, 5.41) is 0. The maximum Gasteiger partial charge on any atom is 0.462 e. The van der Waals surface area contributed by atoms with Crippen LogP contribution in [0.3, 0.4) is 0 Å².